The van der Waals surface area contributed by atoms with Gasteiger partial charge in [0.15, 0.2) is 6.23 Å². The number of ether oxygens (including phenoxy) is 1. The Morgan fingerprint density at radius 3 is 2.88 bits per heavy atom. The lowest BCUT2D eigenvalue weighted by Crippen LogP contribution is -2.30. The van der Waals surface area contributed by atoms with Crippen molar-refractivity contribution in [2.75, 3.05) is 13.2 Å². The molecule has 2 rings (SSSR count). The Morgan fingerprint density at radius 2 is 2.18 bits per heavy atom. The van der Waals surface area contributed by atoms with Gasteiger partial charge in [0.1, 0.15) is 0 Å². The monoisotopic (exact) mass is 233 g/mol. The Morgan fingerprint density at radius 1 is 1.41 bits per heavy atom. The largest absolute Gasteiger partial charge is 0.352 e. The van der Waals surface area contributed by atoms with Gasteiger partial charge in [-0.15, -0.1) is 0 Å². The van der Waals surface area contributed by atoms with E-state index in [1.54, 1.807) is 0 Å². The number of amides is 1. The lowest BCUT2D eigenvalue weighted by molar-refractivity contribution is -0.136. The van der Waals surface area contributed by atoms with Crippen LogP contribution in [0.3, 0.4) is 0 Å². The number of rotatable bonds is 4. The molecule has 1 unspecified atom stereocenters. The SMILES string of the molecule is CCCCC(=O)N1CCOC1c1ccccc1. The van der Waals surface area contributed by atoms with Gasteiger partial charge in [-0.25, -0.2) is 0 Å². The summed E-state index contributed by atoms with van der Waals surface area (Å²) in [6.45, 7) is 3.45. The summed E-state index contributed by atoms with van der Waals surface area (Å²) in [5, 5.41) is 0. The van der Waals surface area contributed by atoms with Crippen molar-refractivity contribution in [1.29, 1.82) is 0 Å². The summed E-state index contributed by atoms with van der Waals surface area (Å²) >= 11 is 0. The van der Waals surface area contributed by atoms with Crippen LogP contribution in [0.25, 0.3) is 0 Å². The first-order valence-electron chi connectivity index (χ1n) is 6.29. The van der Waals surface area contributed by atoms with Gasteiger partial charge in [0, 0.05) is 18.5 Å². The second kappa shape index (κ2) is 5.82. The summed E-state index contributed by atoms with van der Waals surface area (Å²) < 4.78 is 5.66. The highest BCUT2D eigenvalue weighted by Gasteiger charge is 2.29. The summed E-state index contributed by atoms with van der Waals surface area (Å²) in [6.07, 6.45) is 2.46. The average molecular weight is 233 g/mol. The lowest BCUT2D eigenvalue weighted by Gasteiger charge is -2.23. The number of hydrogen-bond donors (Lipinski definition) is 0. The molecule has 0 aromatic heterocycles. The van der Waals surface area contributed by atoms with Gasteiger partial charge in [-0.2, -0.15) is 0 Å². The third-order valence-corrected chi connectivity index (χ3v) is 3.04. The number of benzene rings is 1. The van der Waals surface area contributed by atoms with E-state index in [1.807, 2.05) is 35.2 Å². The van der Waals surface area contributed by atoms with Crippen LogP contribution in [0, 0.1) is 0 Å². The highest BCUT2D eigenvalue weighted by Crippen LogP contribution is 2.27. The molecule has 17 heavy (non-hydrogen) atoms. The van der Waals surface area contributed by atoms with E-state index < -0.39 is 0 Å². The zero-order chi connectivity index (χ0) is 12.1. The van der Waals surface area contributed by atoms with Crippen molar-refractivity contribution in [3.8, 4) is 0 Å². The van der Waals surface area contributed by atoms with Crippen LogP contribution in [0.2, 0.25) is 0 Å². The Bertz CT molecular complexity index is 364. The zero-order valence-corrected chi connectivity index (χ0v) is 10.3. The Kier molecular flexibility index (Phi) is 4.15. The minimum Gasteiger partial charge on any atom is -0.352 e. The van der Waals surface area contributed by atoms with Gasteiger partial charge in [-0.1, -0.05) is 43.7 Å². The van der Waals surface area contributed by atoms with Crippen molar-refractivity contribution < 1.29 is 9.53 Å². The molecule has 0 saturated carbocycles. The molecular weight excluding hydrogens is 214 g/mol. The zero-order valence-electron chi connectivity index (χ0n) is 10.3. The Labute approximate surface area is 102 Å². The molecule has 3 heteroatoms. The first-order valence-corrected chi connectivity index (χ1v) is 6.29. The number of nitrogens with zero attached hydrogens (tertiary/aromatic N) is 1. The van der Waals surface area contributed by atoms with Crippen molar-refractivity contribution >= 4 is 5.91 Å². The lowest BCUT2D eigenvalue weighted by atomic mass is 10.1. The average Bonchev–Trinajstić information content (AvgIpc) is 2.86. The summed E-state index contributed by atoms with van der Waals surface area (Å²) in [5.41, 5.74) is 1.06. The first kappa shape index (κ1) is 12.1. The van der Waals surface area contributed by atoms with Crippen LogP contribution in [0.5, 0.6) is 0 Å². The van der Waals surface area contributed by atoms with Crippen molar-refractivity contribution in [3.63, 3.8) is 0 Å². The summed E-state index contributed by atoms with van der Waals surface area (Å²) in [4.78, 5) is 13.9. The van der Waals surface area contributed by atoms with Crippen LogP contribution in [0.4, 0.5) is 0 Å². The van der Waals surface area contributed by atoms with E-state index in [9.17, 15) is 4.79 Å². The quantitative estimate of drug-likeness (QED) is 0.800. The van der Waals surface area contributed by atoms with Crippen molar-refractivity contribution in [2.45, 2.75) is 32.4 Å². The van der Waals surface area contributed by atoms with E-state index in [0.29, 0.717) is 19.6 Å². The minimum atomic E-state index is -0.180. The van der Waals surface area contributed by atoms with Gasteiger partial charge in [0.05, 0.1) is 6.61 Å². The van der Waals surface area contributed by atoms with E-state index in [1.165, 1.54) is 0 Å². The van der Waals surface area contributed by atoms with E-state index >= 15 is 0 Å². The van der Waals surface area contributed by atoms with Crippen LogP contribution < -0.4 is 0 Å². The van der Waals surface area contributed by atoms with Gasteiger partial charge < -0.3 is 9.64 Å². The van der Waals surface area contributed by atoms with E-state index in [2.05, 4.69) is 6.92 Å². The molecule has 0 spiro atoms. The Balaban J connectivity index is 2.05. The second-order valence-corrected chi connectivity index (χ2v) is 4.32. The molecule has 0 aliphatic carbocycles. The maximum Gasteiger partial charge on any atom is 0.224 e. The molecular formula is C14H19NO2. The highest BCUT2D eigenvalue weighted by atomic mass is 16.5. The maximum atomic E-state index is 12.0. The second-order valence-electron chi connectivity index (χ2n) is 4.32. The van der Waals surface area contributed by atoms with Crippen molar-refractivity contribution in [2.24, 2.45) is 0 Å². The molecule has 1 atom stereocenters. The maximum absolute atomic E-state index is 12.0. The van der Waals surface area contributed by atoms with Crippen molar-refractivity contribution in [1.82, 2.24) is 4.90 Å². The summed E-state index contributed by atoms with van der Waals surface area (Å²) in [7, 11) is 0. The van der Waals surface area contributed by atoms with Crippen LogP contribution in [0.15, 0.2) is 30.3 Å². The molecule has 1 saturated heterocycles. The summed E-state index contributed by atoms with van der Waals surface area (Å²) in [6, 6.07) is 9.95. The molecule has 92 valence electrons. The molecule has 0 radical (unpaired) electrons. The fourth-order valence-electron chi connectivity index (χ4n) is 2.09. The number of carbonyl (C=O) groups is 1. The van der Waals surface area contributed by atoms with Crippen LogP contribution in [-0.4, -0.2) is 24.0 Å². The third kappa shape index (κ3) is 2.86. The first-order chi connectivity index (χ1) is 8.33. The van der Waals surface area contributed by atoms with Gasteiger partial charge in [-0.05, 0) is 6.42 Å². The molecule has 0 N–H and O–H groups in total. The van der Waals surface area contributed by atoms with Crippen molar-refractivity contribution in [3.05, 3.63) is 35.9 Å². The molecule has 1 heterocycles. The van der Waals surface area contributed by atoms with Crippen LogP contribution in [-0.2, 0) is 9.53 Å². The molecule has 1 aromatic carbocycles. The number of hydrogen-bond acceptors (Lipinski definition) is 2. The van der Waals surface area contributed by atoms with Gasteiger partial charge in [0.2, 0.25) is 5.91 Å². The van der Waals surface area contributed by atoms with E-state index in [4.69, 9.17) is 4.74 Å². The summed E-state index contributed by atoms with van der Waals surface area (Å²) in [5.74, 6) is 0.207. The topological polar surface area (TPSA) is 29.5 Å². The molecule has 1 aliphatic rings. The van der Waals surface area contributed by atoms with Crippen LogP contribution >= 0.6 is 0 Å². The standard InChI is InChI=1S/C14H19NO2/c1-2-3-9-13(16)15-10-11-17-14(15)12-7-5-4-6-8-12/h4-8,14H,2-3,9-11H2,1H3. The molecule has 1 aliphatic heterocycles. The van der Waals surface area contributed by atoms with Gasteiger partial charge >= 0.3 is 0 Å². The molecule has 1 aromatic rings. The fraction of sp³-hybridized carbons (Fsp3) is 0.500. The van der Waals surface area contributed by atoms with Crippen LogP contribution in [0.1, 0.15) is 38.0 Å². The fourth-order valence-corrected chi connectivity index (χ4v) is 2.09. The normalized spacial score (nSPS) is 19.6. The van der Waals surface area contributed by atoms with E-state index in [0.717, 1.165) is 18.4 Å². The predicted octanol–water partition coefficient (Wildman–Crippen LogP) is 2.73. The van der Waals surface area contributed by atoms with E-state index in [-0.39, 0.29) is 12.1 Å². The molecule has 0 bridgehead atoms. The van der Waals surface area contributed by atoms with Gasteiger partial charge in [0.25, 0.3) is 0 Å². The molecule has 1 fully saturated rings. The number of unbranched alkanes of at least 4 members (excludes halogenated alkanes) is 1. The predicted molar refractivity (Wildman–Crippen MR) is 66.4 cm³/mol. The molecule has 3 nitrogen and oxygen atoms in total. The third-order valence-electron chi connectivity index (χ3n) is 3.04. The Hall–Kier alpha value is -1.35. The smallest absolute Gasteiger partial charge is 0.224 e. The minimum absolute atomic E-state index is 0.180. The molecule has 1 amide bonds. The highest BCUT2D eigenvalue weighted by molar-refractivity contribution is 5.76. The van der Waals surface area contributed by atoms with Gasteiger partial charge in [-0.3, -0.25) is 4.79 Å². The number of carbonyl (C=O) groups excluding carboxylic acids is 1.